The molecule has 0 spiro atoms. The summed E-state index contributed by atoms with van der Waals surface area (Å²) in [5.74, 6) is 0.570. The SMILES string of the molecule is CCC1(N2CCN(c3cc4c(cn3)C(=O)C3=C(Cc5cc(C(N)=O)ccc53)C4(C)C)CC2)CCC1. The van der Waals surface area contributed by atoms with Crippen LogP contribution >= 0.6 is 0 Å². The van der Waals surface area contributed by atoms with E-state index in [0.717, 1.165) is 59.8 Å². The molecule has 35 heavy (non-hydrogen) atoms. The standard InChI is InChI=1S/C29H34N4O2/c1-4-29(8-5-9-29)33-12-10-32(11-13-33)24-16-22-21(17-31-24)26(34)25-20-7-6-18(27(30)35)14-19(20)15-23(25)28(22,2)3/h6-7,14,16-17H,4-5,8-13,15H2,1-3H3,(H2,30,35). The van der Waals surface area contributed by atoms with Crippen LogP contribution in [-0.4, -0.2) is 53.3 Å². The monoisotopic (exact) mass is 470 g/mol. The molecule has 1 amide bonds. The van der Waals surface area contributed by atoms with E-state index in [9.17, 15) is 9.59 Å². The fourth-order valence-electron chi connectivity index (χ4n) is 6.87. The third-order valence-electron chi connectivity index (χ3n) is 9.33. The number of fused-ring (bicyclic) bond motifs is 3. The highest BCUT2D eigenvalue weighted by Crippen LogP contribution is 2.50. The number of carbonyl (C=O) groups excluding carboxylic acids is 2. The minimum atomic E-state index is -0.442. The molecule has 2 fully saturated rings. The number of aromatic nitrogens is 1. The molecule has 3 aliphatic carbocycles. The third-order valence-corrected chi connectivity index (χ3v) is 9.33. The second-order valence-electron chi connectivity index (χ2n) is 11.2. The molecule has 2 heterocycles. The average molecular weight is 471 g/mol. The molecule has 0 radical (unpaired) electrons. The van der Waals surface area contributed by atoms with E-state index >= 15 is 0 Å². The topological polar surface area (TPSA) is 79.5 Å². The number of primary amides is 1. The summed E-state index contributed by atoms with van der Waals surface area (Å²) in [5, 5.41) is 0. The van der Waals surface area contributed by atoms with Crippen LogP contribution in [0.3, 0.4) is 0 Å². The van der Waals surface area contributed by atoms with Crippen molar-refractivity contribution in [1.29, 1.82) is 0 Å². The number of amides is 1. The molecule has 4 aliphatic rings. The number of hydrogen-bond donors (Lipinski definition) is 1. The smallest absolute Gasteiger partial charge is 0.248 e. The Hall–Kier alpha value is -2.99. The number of Topliss-reactive ketones (excluding diaryl/α,β-unsaturated/α-hetero) is 1. The van der Waals surface area contributed by atoms with Gasteiger partial charge < -0.3 is 10.6 Å². The van der Waals surface area contributed by atoms with Gasteiger partial charge in [0, 0.05) is 60.0 Å². The Labute approximate surface area is 207 Å². The number of hydrogen-bond acceptors (Lipinski definition) is 5. The molecule has 0 bridgehead atoms. The molecule has 1 aromatic carbocycles. The quantitative estimate of drug-likeness (QED) is 0.727. The maximum absolute atomic E-state index is 13.7. The van der Waals surface area contributed by atoms with Gasteiger partial charge >= 0.3 is 0 Å². The van der Waals surface area contributed by atoms with E-state index in [1.807, 2.05) is 12.1 Å². The number of nitrogens with zero attached hydrogens (tertiary/aromatic N) is 3. The van der Waals surface area contributed by atoms with Crippen LogP contribution in [0.15, 0.2) is 36.0 Å². The Balaban J connectivity index is 1.29. The first-order valence-electron chi connectivity index (χ1n) is 13.0. The highest BCUT2D eigenvalue weighted by atomic mass is 16.1. The summed E-state index contributed by atoms with van der Waals surface area (Å²) >= 11 is 0. The Bertz CT molecular complexity index is 1270. The van der Waals surface area contributed by atoms with Crippen molar-refractivity contribution < 1.29 is 9.59 Å². The summed E-state index contributed by atoms with van der Waals surface area (Å²) in [6, 6.07) is 7.60. The van der Waals surface area contributed by atoms with Gasteiger partial charge in [-0.15, -0.1) is 0 Å². The van der Waals surface area contributed by atoms with E-state index in [1.165, 1.54) is 25.7 Å². The van der Waals surface area contributed by atoms with Crippen LogP contribution in [0.2, 0.25) is 0 Å². The number of rotatable bonds is 4. The van der Waals surface area contributed by atoms with Gasteiger partial charge in [-0.2, -0.15) is 0 Å². The van der Waals surface area contributed by atoms with Crippen molar-refractivity contribution >= 4 is 23.1 Å². The van der Waals surface area contributed by atoms with Crippen molar-refractivity contribution in [2.24, 2.45) is 5.73 Å². The van der Waals surface area contributed by atoms with Crippen molar-refractivity contribution in [2.45, 2.75) is 63.8 Å². The van der Waals surface area contributed by atoms with Crippen LogP contribution in [0.25, 0.3) is 5.57 Å². The first kappa shape index (κ1) is 22.5. The van der Waals surface area contributed by atoms with E-state index in [1.54, 1.807) is 12.3 Å². The van der Waals surface area contributed by atoms with E-state index in [0.29, 0.717) is 23.1 Å². The van der Waals surface area contributed by atoms with Gasteiger partial charge in [0.15, 0.2) is 5.78 Å². The van der Waals surface area contributed by atoms with Crippen LogP contribution in [0.5, 0.6) is 0 Å². The number of anilines is 1. The first-order valence-corrected chi connectivity index (χ1v) is 13.0. The zero-order chi connectivity index (χ0) is 24.5. The minimum absolute atomic E-state index is 0.0404. The van der Waals surface area contributed by atoms with Gasteiger partial charge in [0.05, 0.1) is 0 Å². The van der Waals surface area contributed by atoms with Crippen molar-refractivity contribution in [3.05, 3.63) is 63.9 Å². The van der Waals surface area contributed by atoms with Crippen LogP contribution in [0.4, 0.5) is 5.82 Å². The van der Waals surface area contributed by atoms with E-state index in [-0.39, 0.29) is 11.2 Å². The zero-order valence-corrected chi connectivity index (χ0v) is 21.0. The molecule has 6 nitrogen and oxygen atoms in total. The van der Waals surface area contributed by atoms with Crippen molar-refractivity contribution in [3.8, 4) is 0 Å². The van der Waals surface area contributed by atoms with E-state index in [4.69, 9.17) is 10.7 Å². The summed E-state index contributed by atoms with van der Waals surface area (Å²) in [7, 11) is 0. The number of pyridine rings is 1. The largest absolute Gasteiger partial charge is 0.366 e. The predicted molar refractivity (Wildman–Crippen MR) is 138 cm³/mol. The molecule has 6 heteroatoms. The highest BCUT2D eigenvalue weighted by molar-refractivity contribution is 6.33. The predicted octanol–water partition coefficient (Wildman–Crippen LogP) is 4.12. The molecular formula is C29H34N4O2. The highest BCUT2D eigenvalue weighted by Gasteiger charge is 2.44. The fourth-order valence-corrected chi connectivity index (χ4v) is 6.87. The molecule has 1 saturated heterocycles. The number of allylic oxidation sites excluding steroid dienone is 2. The molecule has 1 aliphatic heterocycles. The van der Waals surface area contributed by atoms with Crippen LogP contribution in [0.1, 0.15) is 83.9 Å². The van der Waals surface area contributed by atoms with Gasteiger partial charge in [-0.25, -0.2) is 4.98 Å². The second-order valence-corrected chi connectivity index (χ2v) is 11.2. The minimum Gasteiger partial charge on any atom is -0.366 e. The Kier molecular flexibility index (Phi) is 4.98. The molecule has 6 rings (SSSR count). The lowest BCUT2D eigenvalue weighted by atomic mass is 9.69. The Morgan fingerprint density at radius 1 is 1.09 bits per heavy atom. The van der Waals surface area contributed by atoms with E-state index in [2.05, 4.69) is 36.6 Å². The fraction of sp³-hybridized carbons (Fsp3) is 0.483. The lowest BCUT2D eigenvalue weighted by Crippen LogP contribution is -2.60. The van der Waals surface area contributed by atoms with Gasteiger partial charge in [0.25, 0.3) is 0 Å². The molecule has 182 valence electrons. The summed E-state index contributed by atoms with van der Waals surface area (Å²) in [6.45, 7) is 10.8. The van der Waals surface area contributed by atoms with Crippen LogP contribution in [-0.2, 0) is 11.8 Å². The number of nitrogens with two attached hydrogens (primary N) is 1. The second kappa shape index (κ2) is 7.76. The third kappa shape index (κ3) is 3.22. The maximum Gasteiger partial charge on any atom is 0.248 e. The summed E-state index contributed by atoms with van der Waals surface area (Å²) in [6.07, 6.45) is 7.71. The number of benzene rings is 1. The number of carbonyl (C=O) groups is 2. The van der Waals surface area contributed by atoms with Gasteiger partial charge in [0.2, 0.25) is 5.91 Å². The van der Waals surface area contributed by atoms with Gasteiger partial charge in [-0.1, -0.05) is 26.8 Å². The molecule has 2 aromatic rings. The van der Waals surface area contributed by atoms with Crippen LogP contribution < -0.4 is 10.6 Å². The van der Waals surface area contributed by atoms with Crippen molar-refractivity contribution in [1.82, 2.24) is 9.88 Å². The van der Waals surface area contributed by atoms with Crippen molar-refractivity contribution in [2.75, 3.05) is 31.1 Å². The van der Waals surface area contributed by atoms with Gasteiger partial charge in [-0.05, 0) is 72.6 Å². The summed E-state index contributed by atoms with van der Waals surface area (Å²) < 4.78 is 0. The lowest BCUT2D eigenvalue weighted by Gasteiger charge is -2.53. The van der Waals surface area contributed by atoms with Gasteiger partial charge in [0.1, 0.15) is 5.82 Å². The van der Waals surface area contributed by atoms with Gasteiger partial charge in [-0.3, -0.25) is 14.5 Å². The molecular weight excluding hydrogens is 436 g/mol. The lowest BCUT2D eigenvalue weighted by molar-refractivity contribution is 0.00826. The average Bonchev–Trinajstić information content (AvgIpc) is 3.23. The van der Waals surface area contributed by atoms with E-state index < -0.39 is 5.91 Å². The first-order chi connectivity index (χ1) is 16.7. The molecule has 1 aromatic heterocycles. The Morgan fingerprint density at radius 3 is 2.46 bits per heavy atom. The maximum atomic E-state index is 13.7. The molecule has 2 N–H and O–H groups in total. The molecule has 0 atom stereocenters. The zero-order valence-electron chi connectivity index (χ0n) is 21.0. The Morgan fingerprint density at radius 2 is 1.83 bits per heavy atom. The summed E-state index contributed by atoms with van der Waals surface area (Å²) in [4.78, 5) is 35.2. The molecule has 1 saturated carbocycles. The summed E-state index contributed by atoms with van der Waals surface area (Å²) in [5.41, 5.74) is 11.7. The van der Waals surface area contributed by atoms with Crippen molar-refractivity contribution in [3.63, 3.8) is 0 Å². The van der Waals surface area contributed by atoms with Crippen LogP contribution in [0, 0.1) is 0 Å². The number of piperazine rings is 1. The molecule has 0 unspecified atom stereocenters. The number of ketones is 1. The normalized spacial score (nSPS) is 22.4.